The Bertz CT molecular complexity index is 1380. The summed E-state index contributed by atoms with van der Waals surface area (Å²) in [6.45, 7) is 2.27. The Morgan fingerprint density at radius 1 is 1.03 bits per heavy atom. The van der Waals surface area contributed by atoms with E-state index >= 15 is 0 Å². The third kappa shape index (κ3) is 3.75. The number of fused-ring (bicyclic) bond motifs is 1. The first-order chi connectivity index (χ1) is 16.2. The summed E-state index contributed by atoms with van der Waals surface area (Å²) in [5.41, 5.74) is 1.02. The lowest BCUT2D eigenvalue weighted by atomic mass is 10.2. The van der Waals surface area contributed by atoms with Gasteiger partial charge < -0.3 is 18.7 Å². The van der Waals surface area contributed by atoms with Crippen LogP contribution in [0.5, 0.6) is 0 Å². The van der Waals surface area contributed by atoms with Gasteiger partial charge in [0.15, 0.2) is 11.2 Å². The SMILES string of the molecule is O=C(c1cc(=O)c2ccccc2o1)N1CCN(c2ccc(-c3noc(C4CC4)n3)cn2)CC1. The number of hydrogen-bond donors (Lipinski definition) is 0. The maximum absolute atomic E-state index is 12.9. The highest BCUT2D eigenvalue weighted by molar-refractivity contribution is 5.93. The summed E-state index contributed by atoms with van der Waals surface area (Å²) in [7, 11) is 0. The maximum atomic E-state index is 12.9. The maximum Gasteiger partial charge on any atom is 0.289 e. The minimum Gasteiger partial charge on any atom is -0.451 e. The normalized spacial score (nSPS) is 16.4. The fraction of sp³-hybridized carbons (Fsp3) is 0.292. The van der Waals surface area contributed by atoms with Crippen molar-refractivity contribution in [3.63, 3.8) is 0 Å². The lowest BCUT2D eigenvalue weighted by molar-refractivity contribution is 0.0715. The molecule has 0 atom stereocenters. The molecule has 1 aliphatic heterocycles. The standard InChI is InChI=1S/C24H21N5O4/c30-18-13-20(32-19-4-2-1-3-17(18)19)24(31)29-11-9-28(10-12-29)21-8-7-16(14-25-21)22-26-23(33-27-22)15-5-6-15/h1-4,7-8,13-15H,5-6,9-12H2. The molecule has 0 bridgehead atoms. The van der Waals surface area contributed by atoms with Crippen LogP contribution in [0.3, 0.4) is 0 Å². The number of carbonyl (C=O) groups is 1. The molecule has 0 unspecified atom stereocenters. The summed E-state index contributed by atoms with van der Waals surface area (Å²) in [6, 6.07) is 12.1. The van der Waals surface area contributed by atoms with Crippen molar-refractivity contribution in [3.8, 4) is 11.4 Å². The third-order valence-corrected chi connectivity index (χ3v) is 6.11. The molecule has 1 saturated heterocycles. The van der Waals surface area contributed by atoms with Crippen molar-refractivity contribution in [2.24, 2.45) is 0 Å². The Kier molecular flexibility index (Phi) is 4.67. The van der Waals surface area contributed by atoms with E-state index in [0.717, 1.165) is 24.2 Å². The molecule has 166 valence electrons. The van der Waals surface area contributed by atoms with Crippen LogP contribution in [0, 0.1) is 0 Å². The average Bonchev–Trinajstić information content (AvgIpc) is 3.60. The number of hydrogen-bond acceptors (Lipinski definition) is 8. The highest BCUT2D eigenvalue weighted by atomic mass is 16.5. The topological polar surface area (TPSA) is 106 Å². The van der Waals surface area contributed by atoms with E-state index in [1.54, 1.807) is 35.4 Å². The van der Waals surface area contributed by atoms with Crippen molar-refractivity contribution in [3.05, 3.63) is 70.5 Å². The first-order valence-electron chi connectivity index (χ1n) is 11.0. The molecule has 9 heteroatoms. The molecule has 0 radical (unpaired) electrons. The molecule has 9 nitrogen and oxygen atoms in total. The first kappa shape index (κ1) is 19.7. The predicted octanol–water partition coefficient (Wildman–Crippen LogP) is 3.08. The van der Waals surface area contributed by atoms with Gasteiger partial charge >= 0.3 is 0 Å². The molecule has 0 N–H and O–H groups in total. The van der Waals surface area contributed by atoms with Gasteiger partial charge in [-0.3, -0.25) is 9.59 Å². The number of benzene rings is 1. The van der Waals surface area contributed by atoms with Gasteiger partial charge in [0.05, 0.1) is 5.39 Å². The van der Waals surface area contributed by atoms with E-state index in [1.807, 2.05) is 12.1 Å². The van der Waals surface area contributed by atoms with Gasteiger partial charge in [0.1, 0.15) is 11.4 Å². The molecule has 0 spiro atoms. The van der Waals surface area contributed by atoms with Crippen molar-refractivity contribution in [2.75, 3.05) is 31.1 Å². The Morgan fingerprint density at radius 3 is 2.61 bits per heavy atom. The molecule has 1 aromatic carbocycles. The first-order valence-corrected chi connectivity index (χ1v) is 11.0. The van der Waals surface area contributed by atoms with E-state index in [2.05, 4.69) is 20.0 Å². The highest BCUT2D eigenvalue weighted by Gasteiger charge is 2.30. The van der Waals surface area contributed by atoms with E-state index in [0.29, 0.717) is 54.8 Å². The number of pyridine rings is 1. The molecule has 2 aliphatic rings. The minimum absolute atomic E-state index is 0.0697. The molecule has 4 heterocycles. The summed E-state index contributed by atoms with van der Waals surface area (Å²) in [5.74, 6) is 2.30. The predicted molar refractivity (Wildman–Crippen MR) is 120 cm³/mol. The van der Waals surface area contributed by atoms with Gasteiger partial charge in [0, 0.05) is 49.9 Å². The number of anilines is 1. The Hall–Kier alpha value is -4.01. The van der Waals surface area contributed by atoms with Gasteiger partial charge in [-0.15, -0.1) is 0 Å². The summed E-state index contributed by atoms with van der Waals surface area (Å²) < 4.78 is 11.0. The molecule has 4 aromatic rings. The monoisotopic (exact) mass is 443 g/mol. The molecule has 6 rings (SSSR count). The number of nitrogens with zero attached hydrogens (tertiary/aromatic N) is 5. The van der Waals surface area contributed by atoms with Gasteiger partial charge in [-0.2, -0.15) is 4.98 Å². The summed E-state index contributed by atoms with van der Waals surface area (Å²) in [4.78, 5) is 38.1. The Morgan fingerprint density at radius 2 is 1.85 bits per heavy atom. The van der Waals surface area contributed by atoms with Gasteiger partial charge in [0.25, 0.3) is 5.91 Å². The lowest BCUT2D eigenvalue weighted by Crippen LogP contribution is -2.49. The van der Waals surface area contributed by atoms with E-state index in [1.165, 1.54) is 6.07 Å². The number of carbonyl (C=O) groups excluding carboxylic acids is 1. The van der Waals surface area contributed by atoms with Gasteiger partial charge in [-0.05, 0) is 37.1 Å². The van der Waals surface area contributed by atoms with Crippen LogP contribution in [0.1, 0.15) is 35.2 Å². The van der Waals surface area contributed by atoms with Crippen molar-refractivity contribution in [1.29, 1.82) is 0 Å². The van der Waals surface area contributed by atoms with Crippen LogP contribution in [0.4, 0.5) is 5.82 Å². The van der Waals surface area contributed by atoms with Gasteiger partial charge in [-0.1, -0.05) is 17.3 Å². The quantitative estimate of drug-likeness (QED) is 0.474. The van der Waals surface area contributed by atoms with Crippen molar-refractivity contribution in [1.82, 2.24) is 20.0 Å². The molecule has 33 heavy (non-hydrogen) atoms. The van der Waals surface area contributed by atoms with Gasteiger partial charge in [-0.25, -0.2) is 4.98 Å². The van der Waals surface area contributed by atoms with E-state index in [-0.39, 0.29) is 17.1 Å². The fourth-order valence-corrected chi connectivity index (χ4v) is 4.06. The molecule has 1 saturated carbocycles. The molecule has 3 aromatic heterocycles. The van der Waals surface area contributed by atoms with Gasteiger partial charge in [0.2, 0.25) is 11.7 Å². The Labute approximate surface area is 188 Å². The number of amides is 1. The van der Waals surface area contributed by atoms with Crippen molar-refractivity contribution < 1.29 is 13.7 Å². The van der Waals surface area contributed by atoms with Crippen LogP contribution < -0.4 is 10.3 Å². The molecular formula is C24H21N5O4. The van der Waals surface area contributed by atoms with Crippen LogP contribution >= 0.6 is 0 Å². The summed E-state index contributed by atoms with van der Waals surface area (Å²) >= 11 is 0. The zero-order valence-corrected chi connectivity index (χ0v) is 17.8. The minimum atomic E-state index is -0.274. The Balaban J connectivity index is 1.12. The largest absolute Gasteiger partial charge is 0.451 e. The fourth-order valence-electron chi connectivity index (χ4n) is 4.06. The number of para-hydroxylation sites is 1. The smallest absolute Gasteiger partial charge is 0.289 e. The second-order valence-electron chi connectivity index (χ2n) is 8.39. The lowest BCUT2D eigenvalue weighted by Gasteiger charge is -2.35. The average molecular weight is 443 g/mol. The van der Waals surface area contributed by atoms with Crippen LogP contribution in [0.2, 0.25) is 0 Å². The number of rotatable bonds is 4. The van der Waals surface area contributed by atoms with Crippen LogP contribution in [-0.2, 0) is 0 Å². The van der Waals surface area contributed by atoms with Crippen LogP contribution in [-0.4, -0.2) is 52.1 Å². The highest BCUT2D eigenvalue weighted by Crippen LogP contribution is 2.39. The third-order valence-electron chi connectivity index (χ3n) is 6.11. The number of piperazine rings is 1. The summed E-state index contributed by atoms with van der Waals surface area (Å²) in [6.07, 6.45) is 3.97. The van der Waals surface area contributed by atoms with E-state index in [4.69, 9.17) is 8.94 Å². The second kappa shape index (κ2) is 7.84. The second-order valence-corrected chi connectivity index (χ2v) is 8.39. The summed E-state index contributed by atoms with van der Waals surface area (Å²) in [5, 5.41) is 4.53. The van der Waals surface area contributed by atoms with Crippen molar-refractivity contribution in [2.45, 2.75) is 18.8 Å². The molecule has 2 fully saturated rings. The van der Waals surface area contributed by atoms with E-state index in [9.17, 15) is 9.59 Å². The number of aromatic nitrogens is 3. The zero-order chi connectivity index (χ0) is 22.4. The zero-order valence-electron chi connectivity index (χ0n) is 17.8. The van der Waals surface area contributed by atoms with Crippen LogP contribution in [0.15, 0.2) is 62.4 Å². The molecular weight excluding hydrogens is 422 g/mol. The van der Waals surface area contributed by atoms with Crippen LogP contribution in [0.25, 0.3) is 22.4 Å². The van der Waals surface area contributed by atoms with Crippen molar-refractivity contribution >= 4 is 22.7 Å². The molecule has 1 aliphatic carbocycles. The molecule has 1 amide bonds. The van der Waals surface area contributed by atoms with E-state index < -0.39 is 0 Å².